The molecule has 14 heavy (non-hydrogen) atoms. The molecule has 0 saturated heterocycles. The fourth-order valence-corrected chi connectivity index (χ4v) is 1.68. The third kappa shape index (κ3) is 5.95. The molecule has 0 amide bonds. The van der Waals surface area contributed by atoms with Gasteiger partial charge in [0.2, 0.25) is 0 Å². The highest BCUT2D eigenvalue weighted by atomic mass is 16.1. The van der Waals surface area contributed by atoms with Crippen molar-refractivity contribution in [1.29, 1.82) is 0 Å². The summed E-state index contributed by atoms with van der Waals surface area (Å²) in [6, 6.07) is 0. The molecule has 0 N–H and O–H groups in total. The molecule has 1 atom stereocenters. The zero-order valence-electron chi connectivity index (χ0n) is 10.1. The maximum atomic E-state index is 11.6. The first-order valence-corrected chi connectivity index (χ1v) is 5.86. The summed E-state index contributed by atoms with van der Waals surface area (Å²) in [5.74, 6) is 0.850. The van der Waals surface area contributed by atoms with E-state index in [1.807, 2.05) is 6.08 Å². The molecule has 82 valence electrons. The van der Waals surface area contributed by atoms with Gasteiger partial charge >= 0.3 is 0 Å². The van der Waals surface area contributed by atoms with Crippen LogP contribution in [0.25, 0.3) is 0 Å². The van der Waals surface area contributed by atoms with E-state index in [1.165, 1.54) is 12.0 Å². The third-order valence-corrected chi connectivity index (χ3v) is 2.60. The summed E-state index contributed by atoms with van der Waals surface area (Å²) in [5, 5.41) is 0. The first kappa shape index (κ1) is 13.4. The molecule has 1 heteroatoms. The lowest BCUT2D eigenvalue weighted by Crippen LogP contribution is -2.03. The van der Waals surface area contributed by atoms with Crippen LogP contribution in [0.15, 0.2) is 11.6 Å². The lowest BCUT2D eigenvalue weighted by atomic mass is 9.98. The SMILES string of the molecule is CCCC(C)CC(=O)C=C(CC)CC. The number of hydrogen-bond donors (Lipinski definition) is 0. The van der Waals surface area contributed by atoms with E-state index in [0.29, 0.717) is 11.7 Å². The van der Waals surface area contributed by atoms with Gasteiger partial charge in [-0.25, -0.2) is 0 Å². The van der Waals surface area contributed by atoms with Gasteiger partial charge in [-0.05, 0) is 24.8 Å². The van der Waals surface area contributed by atoms with Crippen molar-refractivity contribution in [2.75, 3.05) is 0 Å². The summed E-state index contributed by atoms with van der Waals surface area (Å²) in [6.07, 6.45) is 6.91. The van der Waals surface area contributed by atoms with E-state index >= 15 is 0 Å². The van der Waals surface area contributed by atoms with Gasteiger partial charge in [-0.1, -0.05) is 46.1 Å². The highest BCUT2D eigenvalue weighted by Crippen LogP contribution is 2.13. The Morgan fingerprint density at radius 1 is 1.21 bits per heavy atom. The van der Waals surface area contributed by atoms with E-state index in [4.69, 9.17) is 0 Å². The second-order valence-corrected chi connectivity index (χ2v) is 4.07. The van der Waals surface area contributed by atoms with E-state index in [-0.39, 0.29) is 0 Å². The minimum Gasteiger partial charge on any atom is -0.295 e. The van der Waals surface area contributed by atoms with Crippen LogP contribution in [-0.4, -0.2) is 5.78 Å². The van der Waals surface area contributed by atoms with E-state index < -0.39 is 0 Å². The van der Waals surface area contributed by atoms with Crippen LogP contribution < -0.4 is 0 Å². The summed E-state index contributed by atoms with van der Waals surface area (Å²) in [5.41, 5.74) is 1.28. The number of hydrogen-bond acceptors (Lipinski definition) is 1. The van der Waals surface area contributed by atoms with Crippen molar-refractivity contribution in [3.63, 3.8) is 0 Å². The molecule has 0 aliphatic rings. The molecular formula is C13H24O. The summed E-state index contributed by atoms with van der Waals surface area (Å²) in [6.45, 7) is 8.54. The van der Waals surface area contributed by atoms with Gasteiger partial charge in [-0.2, -0.15) is 0 Å². The molecule has 0 aromatic carbocycles. The van der Waals surface area contributed by atoms with Crippen molar-refractivity contribution in [3.8, 4) is 0 Å². The molecule has 0 aliphatic heterocycles. The minimum absolute atomic E-state index is 0.310. The molecule has 0 aromatic heterocycles. The topological polar surface area (TPSA) is 17.1 Å². The van der Waals surface area contributed by atoms with Crippen molar-refractivity contribution < 1.29 is 4.79 Å². The second-order valence-electron chi connectivity index (χ2n) is 4.07. The van der Waals surface area contributed by atoms with Gasteiger partial charge in [-0.15, -0.1) is 0 Å². The molecular weight excluding hydrogens is 172 g/mol. The van der Waals surface area contributed by atoms with Crippen LogP contribution >= 0.6 is 0 Å². The van der Waals surface area contributed by atoms with E-state index in [9.17, 15) is 4.79 Å². The summed E-state index contributed by atoms with van der Waals surface area (Å²) < 4.78 is 0. The summed E-state index contributed by atoms with van der Waals surface area (Å²) >= 11 is 0. The first-order chi connectivity index (χ1) is 6.63. The van der Waals surface area contributed by atoms with E-state index in [1.54, 1.807) is 0 Å². The Balaban J connectivity index is 4.01. The Hall–Kier alpha value is -0.590. The Labute approximate surface area is 88.6 Å². The van der Waals surface area contributed by atoms with Crippen molar-refractivity contribution in [3.05, 3.63) is 11.6 Å². The van der Waals surface area contributed by atoms with Gasteiger partial charge in [0.1, 0.15) is 0 Å². The van der Waals surface area contributed by atoms with Gasteiger partial charge in [0.25, 0.3) is 0 Å². The van der Waals surface area contributed by atoms with Crippen molar-refractivity contribution in [2.24, 2.45) is 5.92 Å². The molecule has 0 heterocycles. The molecule has 0 radical (unpaired) electrons. The van der Waals surface area contributed by atoms with Crippen molar-refractivity contribution in [2.45, 2.75) is 59.8 Å². The zero-order valence-corrected chi connectivity index (χ0v) is 10.1. The molecule has 0 rings (SSSR count). The largest absolute Gasteiger partial charge is 0.295 e. The maximum absolute atomic E-state index is 11.6. The molecule has 1 unspecified atom stereocenters. The van der Waals surface area contributed by atoms with Gasteiger partial charge in [0, 0.05) is 6.42 Å². The fourth-order valence-electron chi connectivity index (χ4n) is 1.68. The Kier molecular flexibility index (Phi) is 7.45. The number of carbonyl (C=O) groups is 1. The summed E-state index contributed by atoms with van der Waals surface area (Å²) in [7, 11) is 0. The predicted molar refractivity (Wildman–Crippen MR) is 62.4 cm³/mol. The van der Waals surface area contributed by atoms with Crippen LogP contribution in [-0.2, 0) is 4.79 Å². The number of carbonyl (C=O) groups excluding carboxylic acids is 1. The molecule has 0 fully saturated rings. The van der Waals surface area contributed by atoms with Crippen LogP contribution in [0.3, 0.4) is 0 Å². The Morgan fingerprint density at radius 3 is 2.21 bits per heavy atom. The van der Waals surface area contributed by atoms with Crippen LogP contribution in [0.1, 0.15) is 59.8 Å². The van der Waals surface area contributed by atoms with Gasteiger partial charge in [0.15, 0.2) is 5.78 Å². The Bertz CT molecular complexity index is 185. The average molecular weight is 196 g/mol. The average Bonchev–Trinajstić information content (AvgIpc) is 2.14. The zero-order chi connectivity index (χ0) is 11.0. The number of allylic oxidation sites excluding steroid dienone is 2. The van der Waals surface area contributed by atoms with Crippen LogP contribution in [0, 0.1) is 5.92 Å². The minimum atomic E-state index is 0.310. The van der Waals surface area contributed by atoms with Crippen molar-refractivity contribution in [1.82, 2.24) is 0 Å². The molecule has 0 bridgehead atoms. The smallest absolute Gasteiger partial charge is 0.155 e. The molecule has 0 aromatic rings. The molecule has 1 nitrogen and oxygen atoms in total. The normalized spacial score (nSPS) is 12.3. The number of ketones is 1. The van der Waals surface area contributed by atoms with Crippen LogP contribution in [0.5, 0.6) is 0 Å². The van der Waals surface area contributed by atoms with Gasteiger partial charge in [-0.3, -0.25) is 4.79 Å². The van der Waals surface area contributed by atoms with E-state index in [2.05, 4.69) is 27.7 Å². The lowest BCUT2D eigenvalue weighted by Gasteiger charge is -2.07. The van der Waals surface area contributed by atoms with Gasteiger partial charge in [0.05, 0.1) is 0 Å². The second kappa shape index (κ2) is 7.78. The van der Waals surface area contributed by atoms with Gasteiger partial charge < -0.3 is 0 Å². The lowest BCUT2D eigenvalue weighted by molar-refractivity contribution is -0.115. The molecule has 0 aliphatic carbocycles. The van der Waals surface area contributed by atoms with Crippen LogP contribution in [0.4, 0.5) is 0 Å². The van der Waals surface area contributed by atoms with Crippen molar-refractivity contribution >= 4 is 5.78 Å². The van der Waals surface area contributed by atoms with E-state index in [0.717, 1.165) is 25.7 Å². The maximum Gasteiger partial charge on any atom is 0.155 e. The highest BCUT2D eigenvalue weighted by molar-refractivity contribution is 5.90. The Morgan fingerprint density at radius 2 is 1.79 bits per heavy atom. The quantitative estimate of drug-likeness (QED) is 0.560. The highest BCUT2D eigenvalue weighted by Gasteiger charge is 2.06. The van der Waals surface area contributed by atoms with Crippen LogP contribution in [0.2, 0.25) is 0 Å². The summed E-state index contributed by atoms with van der Waals surface area (Å²) in [4.78, 5) is 11.6. The fraction of sp³-hybridized carbons (Fsp3) is 0.769. The predicted octanol–water partition coefficient (Wildman–Crippen LogP) is 4.13. The molecule has 0 saturated carbocycles. The third-order valence-electron chi connectivity index (χ3n) is 2.60. The standard InChI is InChI=1S/C13H24O/c1-5-8-11(4)9-13(14)10-12(6-2)7-3/h10-11H,5-9H2,1-4H3. The first-order valence-electron chi connectivity index (χ1n) is 5.86. The molecule has 0 spiro atoms. The monoisotopic (exact) mass is 196 g/mol. The number of rotatable bonds is 7.